The zero-order valence-corrected chi connectivity index (χ0v) is 22.6. The average Bonchev–Trinajstić information content (AvgIpc) is 2.63. The third-order valence-corrected chi connectivity index (χ3v) is 4.87. The minimum Gasteiger partial charge on any atom is -0.726 e. The fourth-order valence-corrected chi connectivity index (χ4v) is 3.50. The smallest absolute Gasteiger partial charge is 0.726 e. The van der Waals surface area contributed by atoms with Gasteiger partial charge < -0.3 is 29.4 Å². The second-order valence-electron chi connectivity index (χ2n) is 6.05. The van der Waals surface area contributed by atoms with E-state index >= 15 is 0 Å². The van der Waals surface area contributed by atoms with Gasteiger partial charge in [-0.25, -0.2) is 16.8 Å². The molecular weight excluding hydrogens is 496 g/mol. The van der Waals surface area contributed by atoms with Gasteiger partial charge in [-0.2, -0.15) is 0 Å². The molecule has 1 aromatic rings. The second-order valence-corrected chi connectivity index (χ2v) is 8.11. The molecule has 1 saturated heterocycles. The zero-order chi connectivity index (χ0) is 22.7. The Morgan fingerprint density at radius 2 is 1.66 bits per heavy atom. The first-order valence-corrected chi connectivity index (χ1v) is 10.8. The molecule has 0 radical (unpaired) electrons. The molecule has 1 aliphatic rings. The van der Waals surface area contributed by atoms with Crippen LogP contribution in [0.5, 0.6) is 0 Å². The standard InChI is InChI=1S/C15H19NO12S2.2Na/c1-2-11(17)16-9-5-3-8(4-6-9)14-13(19)15(28-30(23,24)25)12(18)10(27-14)7-26-29(20,21)22;;/h2-6,10,12-15,18-19H,1,7H2,(H,16,17)(H,20,21,22)(H,23,24,25);;/q;2*+1/p-2/t10-,12+,13+,14+,15+;;/m1../s1. The summed E-state index contributed by atoms with van der Waals surface area (Å²) in [6.45, 7) is 2.25. The Morgan fingerprint density at radius 1 is 1.09 bits per heavy atom. The maximum atomic E-state index is 11.3. The number of hydrogen-bond donors (Lipinski definition) is 3. The Hall–Kier alpha value is 0.0500. The molecule has 0 saturated carbocycles. The Bertz CT molecular complexity index is 986. The molecule has 0 unspecified atom stereocenters. The summed E-state index contributed by atoms with van der Waals surface area (Å²) in [7, 11) is -10.6. The molecule has 0 spiro atoms. The number of carbonyl (C=O) groups excluding carboxylic acids is 1. The molecule has 1 amide bonds. The predicted octanol–water partition coefficient (Wildman–Crippen LogP) is -7.70. The number of aliphatic hydroxyl groups is 2. The van der Waals surface area contributed by atoms with E-state index in [0.29, 0.717) is 5.69 Å². The van der Waals surface area contributed by atoms with Crippen molar-refractivity contribution in [2.75, 3.05) is 11.9 Å². The quantitative estimate of drug-likeness (QED) is 0.128. The van der Waals surface area contributed by atoms with Crippen molar-refractivity contribution in [3.63, 3.8) is 0 Å². The summed E-state index contributed by atoms with van der Waals surface area (Å²) < 4.78 is 78.5. The van der Waals surface area contributed by atoms with E-state index in [2.05, 4.69) is 20.3 Å². The minimum absolute atomic E-state index is 0. The monoisotopic (exact) mass is 513 g/mol. The van der Waals surface area contributed by atoms with Gasteiger partial charge in [-0.15, -0.1) is 0 Å². The van der Waals surface area contributed by atoms with E-state index in [4.69, 9.17) is 4.74 Å². The van der Waals surface area contributed by atoms with Gasteiger partial charge in [0.1, 0.15) is 30.5 Å². The van der Waals surface area contributed by atoms with E-state index < -0.39 is 63.8 Å². The van der Waals surface area contributed by atoms with Gasteiger partial charge in [-0.05, 0) is 23.8 Å². The van der Waals surface area contributed by atoms with Crippen molar-refractivity contribution in [3.05, 3.63) is 42.5 Å². The van der Waals surface area contributed by atoms with E-state index in [-0.39, 0.29) is 64.7 Å². The van der Waals surface area contributed by atoms with E-state index in [1.165, 1.54) is 24.3 Å². The number of aliphatic hydroxyl groups excluding tert-OH is 2. The summed E-state index contributed by atoms with van der Waals surface area (Å²) in [5.74, 6) is -0.495. The van der Waals surface area contributed by atoms with Crippen LogP contribution in [0.4, 0.5) is 5.69 Å². The molecule has 3 N–H and O–H groups in total. The topological polar surface area (TPSA) is 212 Å². The molecule has 5 atom stereocenters. The van der Waals surface area contributed by atoms with E-state index in [9.17, 15) is 40.9 Å². The van der Waals surface area contributed by atoms with Gasteiger partial charge in [0.2, 0.25) is 26.7 Å². The van der Waals surface area contributed by atoms with Gasteiger partial charge in [-0.1, -0.05) is 18.7 Å². The normalized spacial score (nSPS) is 25.7. The summed E-state index contributed by atoms with van der Waals surface area (Å²) in [6, 6.07) is 5.50. The number of rotatable bonds is 8. The summed E-state index contributed by atoms with van der Waals surface area (Å²) >= 11 is 0. The van der Waals surface area contributed by atoms with Gasteiger partial charge in [0.25, 0.3) is 0 Å². The molecule has 0 bridgehead atoms. The van der Waals surface area contributed by atoms with Crippen molar-refractivity contribution in [2.24, 2.45) is 0 Å². The number of hydrogen-bond acceptors (Lipinski definition) is 12. The Labute approximate surface area is 228 Å². The Morgan fingerprint density at radius 3 is 2.12 bits per heavy atom. The molecule has 1 heterocycles. The van der Waals surface area contributed by atoms with Gasteiger partial charge in [0.15, 0.2) is 0 Å². The van der Waals surface area contributed by atoms with E-state index in [1.54, 1.807) is 0 Å². The minimum atomic E-state index is -5.39. The zero-order valence-electron chi connectivity index (χ0n) is 17.0. The van der Waals surface area contributed by atoms with Crippen LogP contribution in [0.25, 0.3) is 0 Å². The summed E-state index contributed by atoms with van der Waals surface area (Å²) in [5.41, 5.74) is 0.513. The van der Waals surface area contributed by atoms with Gasteiger partial charge >= 0.3 is 59.1 Å². The number of ether oxygens (including phenoxy) is 1. The Kier molecular flexibility index (Phi) is 13.2. The SMILES string of the molecule is C=CC(=O)Nc1ccc([C@@H]2O[C@H](COS(=O)(=O)[O-])[C@H](O)[C@H](OS(=O)(=O)[O-])[C@H]2O)cc1.[Na+].[Na+]. The number of benzene rings is 1. The van der Waals surface area contributed by atoms with E-state index in [0.717, 1.165) is 6.08 Å². The van der Waals surface area contributed by atoms with Crippen molar-refractivity contribution in [2.45, 2.75) is 30.5 Å². The largest absolute Gasteiger partial charge is 1.00 e. The van der Waals surface area contributed by atoms with Crippen LogP contribution >= 0.6 is 0 Å². The van der Waals surface area contributed by atoms with Crippen LogP contribution in [0.15, 0.2) is 36.9 Å². The van der Waals surface area contributed by atoms with Crippen molar-refractivity contribution in [3.8, 4) is 0 Å². The maximum absolute atomic E-state index is 11.3. The first-order chi connectivity index (χ1) is 13.8. The third-order valence-electron chi connectivity index (χ3n) is 3.98. The van der Waals surface area contributed by atoms with Crippen LogP contribution in [0.3, 0.4) is 0 Å². The van der Waals surface area contributed by atoms with Crippen molar-refractivity contribution in [1.82, 2.24) is 0 Å². The van der Waals surface area contributed by atoms with Crippen LogP contribution in [0.2, 0.25) is 0 Å². The molecule has 13 nitrogen and oxygen atoms in total. The van der Waals surface area contributed by atoms with Gasteiger partial charge in [-0.3, -0.25) is 13.2 Å². The molecule has 17 heteroatoms. The van der Waals surface area contributed by atoms with Crippen molar-refractivity contribution < 1.29 is 113 Å². The first-order valence-electron chi connectivity index (χ1n) is 8.10. The van der Waals surface area contributed by atoms with E-state index in [1.807, 2.05) is 0 Å². The third kappa shape index (κ3) is 9.73. The molecule has 2 rings (SSSR count). The van der Waals surface area contributed by atoms with Crippen LogP contribution in [0.1, 0.15) is 11.7 Å². The number of carbonyl (C=O) groups is 1. The fraction of sp³-hybridized carbons (Fsp3) is 0.400. The van der Waals surface area contributed by atoms with Crippen LogP contribution < -0.4 is 64.4 Å². The molecule has 0 aromatic heterocycles. The molecule has 1 aromatic carbocycles. The first kappa shape index (κ1) is 32.0. The van der Waals surface area contributed by atoms with Crippen LogP contribution in [0, 0.1) is 0 Å². The van der Waals surface area contributed by atoms with Crippen molar-refractivity contribution in [1.29, 1.82) is 0 Å². The second kappa shape index (κ2) is 13.2. The number of anilines is 1. The summed E-state index contributed by atoms with van der Waals surface area (Å²) in [4.78, 5) is 11.3. The molecular formula is C15H17NNa2O12S2. The van der Waals surface area contributed by atoms with Gasteiger partial charge in [0, 0.05) is 5.69 Å². The molecule has 1 aliphatic heterocycles. The Balaban J connectivity index is 0.00000480. The average molecular weight is 513 g/mol. The predicted molar refractivity (Wildman–Crippen MR) is 95.1 cm³/mol. The van der Waals surface area contributed by atoms with Crippen molar-refractivity contribution >= 4 is 32.4 Å². The summed E-state index contributed by atoms with van der Waals surface area (Å²) in [5, 5.41) is 23.0. The van der Waals surface area contributed by atoms with Gasteiger partial charge in [0.05, 0.1) is 6.61 Å². The number of nitrogens with one attached hydrogen (secondary N) is 1. The molecule has 1 fully saturated rings. The van der Waals surface area contributed by atoms with Crippen LogP contribution in [-0.2, 0) is 38.7 Å². The molecule has 0 aliphatic carbocycles. The molecule has 32 heavy (non-hydrogen) atoms. The maximum Gasteiger partial charge on any atom is 1.00 e. The fourth-order valence-electron chi connectivity index (χ4n) is 2.70. The molecule has 168 valence electrons. The summed E-state index contributed by atoms with van der Waals surface area (Å²) in [6.07, 6.45) is -8.02. The number of amides is 1. The van der Waals surface area contributed by atoms with Crippen LogP contribution in [-0.4, -0.2) is 73.1 Å².